The number of rotatable bonds is 4. The van der Waals surface area contributed by atoms with Gasteiger partial charge in [-0.25, -0.2) is 13.4 Å². The van der Waals surface area contributed by atoms with Gasteiger partial charge in [0.15, 0.2) is 5.13 Å². The lowest BCUT2D eigenvalue weighted by molar-refractivity contribution is 0.601. The zero-order valence-electron chi connectivity index (χ0n) is 8.90. The molecule has 0 saturated heterocycles. The Morgan fingerprint density at radius 1 is 1.38 bits per heavy atom. The van der Waals surface area contributed by atoms with E-state index in [9.17, 15) is 8.42 Å². The molecule has 16 heavy (non-hydrogen) atoms. The van der Waals surface area contributed by atoms with E-state index in [2.05, 4.69) is 9.71 Å². The van der Waals surface area contributed by atoms with Crippen LogP contribution in [-0.4, -0.2) is 25.7 Å². The fourth-order valence-electron chi connectivity index (χ4n) is 1.73. The molecule has 0 amide bonds. The Kier molecular flexibility index (Phi) is 3.46. The highest BCUT2D eigenvalue weighted by molar-refractivity contribution is 7.92. The Bertz CT molecular complexity index is 444. The lowest BCUT2D eigenvalue weighted by Crippen LogP contribution is -2.22. The number of hydrogen-bond donors (Lipinski definition) is 2. The molecular formula is C9H15N3O2S2. The smallest absolute Gasteiger partial charge is 0.235 e. The third-order valence-electron chi connectivity index (χ3n) is 2.48. The maximum atomic E-state index is 11.5. The molecule has 7 heteroatoms. The van der Waals surface area contributed by atoms with Gasteiger partial charge in [-0.1, -0.05) is 0 Å². The molecule has 1 aliphatic carbocycles. The topological polar surface area (TPSA) is 85.1 Å². The normalized spacial score (nSPS) is 15.8. The average Bonchev–Trinajstić information content (AvgIpc) is 2.58. The summed E-state index contributed by atoms with van der Waals surface area (Å²) in [5.74, 6) is -0.0583. The van der Waals surface area contributed by atoms with Gasteiger partial charge in [0.05, 0.1) is 11.4 Å². The first-order chi connectivity index (χ1) is 7.61. The molecule has 0 saturated carbocycles. The van der Waals surface area contributed by atoms with Crippen molar-refractivity contribution < 1.29 is 8.42 Å². The lowest BCUT2D eigenvalue weighted by atomic mass is 10.0. The van der Waals surface area contributed by atoms with Crippen molar-refractivity contribution in [3.8, 4) is 0 Å². The van der Waals surface area contributed by atoms with Crippen LogP contribution in [0.5, 0.6) is 0 Å². The largest absolute Gasteiger partial charge is 0.329 e. The molecule has 90 valence electrons. The summed E-state index contributed by atoms with van der Waals surface area (Å²) in [6, 6.07) is 0. The average molecular weight is 261 g/mol. The highest BCUT2D eigenvalue weighted by atomic mass is 32.2. The maximum Gasteiger partial charge on any atom is 0.235 e. The standard InChI is InChI=1S/C9H15N3O2S2/c10-5-6-16(13,14)12-9-11-7-3-1-2-4-8(7)15-9/h1-6,10H2,(H,11,12). The molecule has 1 aliphatic rings. The first kappa shape index (κ1) is 11.8. The Morgan fingerprint density at radius 2 is 2.12 bits per heavy atom. The zero-order chi connectivity index (χ0) is 11.6. The van der Waals surface area contributed by atoms with Crippen molar-refractivity contribution in [2.75, 3.05) is 17.0 Å². The Hall–Kier alpha value is -0.660. The van der Waals surface area contributed by atoms with Gasteiger partial charge in [0.25, 0.3) is 0 Å². The van der Waals surface area contributed by atoms with E-state index in [0.29, 0.717) is 5.13 Å². The molecule has 2 rings (SSSR count). The van der Waals surface area contributed by atoms with Crippen LogP contribution in [0.25, 0.3) is 0 Å². The molecule has 0 unspecified atom stereocenters. The van der Waals surface area contributed by atoms with E-state index in [1.165, 1.54) is 22.6 Å². The molecule has 0 bridgehead atoms. The van der Waals surface area contributed by atoms with Crippen LogP contribution in [0.15, 0.2) is 0 Å². The van der Waals surface area contributed by atoms with Crippen molar-refractivity contribution >= 4 is 26.5 Å². The van der Waals surface area contributed by atoms with E-state index in [1.54, 1.807) is 0 Å². The molecule has 0 atom stereocenters. The molecule has 0 aliphatic heterocycles. The fourth-order valence-corrected chi connectivity index (χ4v) is 3.91. The monoisotopic (exact) mass is 261 g/mol. The first-order valence-corrected chi connectivity index (χ1v) is 7.77. The van der Waals surface area contributed by atoms with Crippen LogP contribution in [0.2, 0.25) is 0 Å². The second-order valence-electron chi connectivity index (χ2n) is 3.81. The van der Waals surface area contributed by atoms with Gasteiger partial charge < -0.3 is 5.73 Å². The zero-order valence-corrected chi connectivity index (χ0v) is 10.5. The highest BCUT2D eigenvalue weighted by Crippen LogP contribution is 2.29. The van der Waals surface area contributed by atoms with Crippen molar-refractivity contribution in [2.24, 2.45) is 5.73 Å². The number of fused-ring (bicyclic) bond motifs is 1. The van der Waals surface area contributed by atoms with Crippen LogP contribution in [0.3, 0.4) is 0 Å². The van der Waals surface area contributed by atoms with Crippen LogP contribution in [-0.2, 0) is 22.9 Å². The van der Waals surface area contributed by atoms with Crippen molar-refractivity contribution in [1.82, 2.24) is 4.98 Å². The van der Waals surface area contributed by atoms with Crippen LogP contribution < -0.4 is 10.5 Å². The molecule has 1 heterocycles. The number of anilines is 1. The van der Waals surface area contributed by atoms with Gasteiger partial charge in [-0.2, -0.15) is 0 Å². The molecular weight excluding hydrogens is 246 g/mol. The van der Waals surface area contributed by atoms with Gasteiger partial charge in [0, 0.05) is 11.4 Å². The number of nitrogens with zero attached hydrogens (tertiary/aromatic N) is 1. The minimum Gasteiger partial charge on any atom is -0.329 e. The SMILES string of the molecule is NCCS(=O)(=O)Nc1nc2c(s1)CCCC2. The summed E-state index contributed by atoms with van der Waals surface area (Å²) in [5.41, 5.74) is 6.29. The highest BCUT2D eigenvalue weighted by Gasteiger charge is 2.18. The molecule has 5 nitrogen and oxygen atoms in total. The molecule has 1 aromatic heterocycles. The summed E-state index contributed by atoms with van der Waals surface area (Å²) in [5, 5.41) is 0.486. The predicted molar refractivity (Wildman–Crippen MR) is 65.2 cm³/mol. The minimum absolute atomic E-state index is 0.0583. The van der Waals surface area contributed by atoms with Gasteiger partial charge in [-0.3, -0.25) is 4.72 Å². The van der Waals surface area contributed by atoms with Crippen LogP contribution in [0, 0.1) is 0 Å². The Morgan fingerprint density at radius 3 is 2.81 bits per heavy atom. The third kappa shape index (κ3) is 2.72. The summed E-state index contributed by atoms with van der Waals surface area (Å²) >= 11 is 1.45. The molecule has 0 radical (unpaired) electrons. The quantitative estimate of drug-likeness (QED) is 0.836. The van der Waals surface area contributed by atoms with E-state index in [1.807, 2.05) is 0 Å². The number of nitrogens with one attached hydrogen (secondary N) is 1. The lowest BCUT2D eigenvalue weighted by Gasteiger charge is -2.06. The second kappa shape index (κ2) is 4.68. The predicted octanol–water partition coefficient (Wildman–Crippen LogP) is 0.722. The summed E-state index contributed by atoms with van der Waals surface area (Å²) in [7, 11) is -3.31. The molecule has 0 spiro atoms. The van der Waals surface area contributed by atoms with Gasteiger partial charge >= 0.3 is 0 Å². The van der Waals surface area contributed by atoms with E-state index < -0.39 is 10.0 Å². The van der Waals surface area contributed by atoms with E-state index in [-0.39, 0.29) is 12.3 Å². The van der Waals surface area contributed by atoms with E-state index in [4.69, 9.17) is 5.73 Å². The summed E-state index contributed by atoms with van der Waals surface area (Å²) in [6.07, 6.45) is 4.30. The number of thiazole rings is 1. The molecule has 1 aromatic rings. The van der Waals surface area contributed by atoms with Gasteiger partial charge in [0.1, 0.15) is 0 Å². The molecule has 0 aromatic carbocycles. The fraction of sp³-hybridized carbons (Fsp3) is 0.667. The van der Waals surface area contributed by atoms with Gasteiger partial charge in [0.2, 0.25) is 10.0 Å². The second-order valence-corrected chi connectivity index (χ2v) is 6.73. The number of hydrogen-bond acceptors (Lipinski definition) is 5. The third-order valence-corrected chi connectivity index (χ3v) is 4.95. The van der Waals surface area contributed by atoms with E-state index in [0.717, 1.165) is 25.0 Å². The van der Waals surface area contributed by atoms with Crippen LogP contribution in [0.4, 0.5) is 5.13 Å². The molecule has 0 fully saturated rings. The summed E-state index contributed by atoms with van der Waals surface area (Å²) in [4.78, 5) is 5.52. The van der Waals surface area contributed by atoms with Crippen LogP contribution in [0.1, 0.15) is 23.4 Å². The Labute approximate surface area is 99.1 Å². The number of sulfonamides is 1. The van der Waals surface area contributed by atoms with Crippen molar-refractivity contribution in [1.29, 1.82) is 0 Å². The minimum atomic E-state index is -3.31. The first-order valence-electron chi connectivity index (χ1n) is 5.30. The summed E-state index contributed by atoms with van der Waals surface area (Å²) < 4.78 is 25.5. The van der Waals surface area contributed by atoms with Crippen molar-refractivity contribution in [3.05, 3.63) is 10.6 Å². The maximum absolute atomic E-state index is 11.5. The van der Waals surface area contributed by atoms with E-state index >= 15 is 0 Å². The number of aryl methyl sites for hydroxylation is 2. The van der Waals surface area contributed by atoms with Gasteiger partial charge in [-0.15, -0.1) is 11.3 Å². The summed E-state index contributed by atoms with van der Waals surface area (Å²) in [6.45, 7) is 0.125. The van der Waals surface area contributed by atoms with Crippen molar-refractivity contribution in [3.63, 3.8) is 0 Å². The number of aromatic nitrogens is 1. The van der Waals surface area contributed by atoms with Crippen molar-refractivity contribution in [2.45, 2.75) is 25.7 Å². The number of nitrogens with two attached hydrogens (primary N) is 1. The van der Waals surface area contributed by atoms with Crippen LogP contribution >= 0.6 is 11.3 Å². The Balaban J connectivity index is 2.13. The molecule has 3 N–H and O–H groups in total. The van der Waals surface area contributed by atoms with Gasteiger partial charge in [-0.05, 0) is 25.7 Å².